The molecule has 1 aromatic heterocycles. The molecular formula is C22H17F4N3O8. The summed E-state index contributed by atoms with van der Waals surface area (Å²) < 4.78 is 69.8. The molecule has 1 aliphatic rings. The normalized spacial score (nSPS) is 15.8. The Morgan fingerprint density at radius 3 is 2.57 bits per heavy atom. The van der Waals surface area contributed by atoms with E-state index < -0.39 is 69.9 Å². The first-order valence-corrected chi connectivity index (χ1v) is 10.4. The summed E-state index contributed by atoms with van der Waals surface area (Å²) in [6.45, 7) is 1.92. The zero-order valence-electron chi connectivity index (χ0n) is 19.1. The standard InChI is InChI=1S/C22H17F4N3O8/c1-3-35-19(31)10-36-20-16(5-4-6-27-20)37-17-9-14(13(23)8-15(17)29(33)34)28-18(30)7-12(22(24,25)26)11(2)21(28)32/h4-9,11H,3,10H2,1-2H3. The van der Waals surface area contributed by atoms with Crippen molar-refractivity contribution in [3.63, 3.8) is 0 Å². The molecule has 196 valence electrons. The van der Waals surface area contributed by atoms with Crippen LogP contribution < -0.4 is 14.4 Å². The van der Waals surface area contributed by atoms with Crippen molar-refractivity contribution >= 4 is 29.2 Å². The monoisotopic (exact) mass is 527 g/mol. The Balaban J connectivity index is 2.04. The topological polar surface area (TPSA) is 138 Å². The van der Waals surface area contributed by atoms with Crippen molar-refractivity contribution in [3.8, 4) is 17.4 Å². The van der Waals surface area contributed by atoms with E-state index in [4.69, 9.17) is 14.2 Å². The second kappa shape index (κ2) is 10.6. The van der Waals surface area contributed by atoms with Crippen LogP contribution in [0.5, 0.6) is 17.4 Å². The van der Waals surface area contributed by atoms with E-state index in [1.165, 1.54) is 18.3 Å². The molecule has 0 aliphatic carbocycles. The lowest BCUT2D eigenvalue weighted by Crippen LogP contribution is -2.46. The van der Waals surface area contributed by atoms with Gasteiger partial charge in [0, 0.05) is 18.3 Å². The Bertz CT molecular complexity index is 1300. The van der Waals surface area contributed by atoms with Crippen LogP contribution in [0, 0.1) is 21.8 Å². The molecule has 0 bridgehead atoms. The number of carbonyl (C=O) groups is 3. The summed E-state index contributed by atoms with van der Waals surface area (Å²) in [6, 6.07) is 3.53. The van der Waals surface area contributed by atoms with Gasteiger partial charge in [-0.25, -0.2) is 19.1 Å². The lowest BCUT2D eigenvalue weighted by Gasteiger charge is -2.30. The van der Waals surface area contributed by atoms with Gasteiger partial charge in [0.25, 0.3) is 11.8 Å². The highest BCUT2D eigenvalue weighted by atomic mass is 19.4. The molecule has 0 saturated heterocycles. The maximum Gasteiger partial charge on any atom is 0.413 e. The number of hydrogen-bond acceptors (Lipinski definition) is 9. The average molecular weight is 527 g/mol. The van der Waals surface area contributed by atoms with E-state index >= 15 is 0 Å². The third kappa shape index (κ3) is 5.82. The van der Waals surface area contributed by atoms with Gasteiger partial charge in [-0.3, -0.25) is 19.7 Å². The molecule has 0 saturated carbocycles. The number of rotatable bonds is 8. The minimum Gasteiger partial charge on any atom is -0.463 e. The molecule has 2 heterocycles. The third-order valence-electron chi connectivity index (χ3n) is 4.94. The van der Waals surface area contributed by atoms with E-state index in [0.29, 0.717) is 12.1 Å². The molecule has 2 amide bonds. The fourth-order valence-electron chi connectivity index (χ4n) is 3.26. The van der Waals surface area contributed by atoms with Gasteiger partial charge in [0.2, 0.25) is 11.7 Å². The van der Waals surface area contributed by atoms with E-state index in [1.807, 2.05) is 0 Å². The summed E-state index contributed by atoms with van der Waals surface area (Å²) >= 11 is 0. The predicted molar refractivity (Wildman–Crippen MR) is 115 cm³/mol. The van der Waals surface area contributed by atoms with E-state index in [0.717, 1.165) is 6.92 Å². The molecule has 15 heteroatoms. The average Bonchev–Trinajstić information content (AvgIpc) is 2.82. The first-order chi connectivity index (χ1) is 17.3. The molecule has 0 fully saturated rings. The molecule has 1 aliphatic heterocycles. The molecule has 1 aromatic carbocycles. The fourth-order valence-corrected chi connectivity index (χ4v) is 3.26. The number of amides is 2. The van der Waals surface area contributed by atoms with Crippen LogP contribution in [0.25, 0.3) is 0 Å². The fraction of sp³-hybridized carbons (Fsp3) is 0.273. The number of nitrogens with zero attached hydrogens (tertiary/aromatic N) is 3. The molecule has 1 atom stereocenters. The molecule has 11 nitrogen and oxygen atoms in total. The molecule has 1 unspecified atom stereocenters. The van der Waals surface area contributed by atoms with Crippen molar-refractivity contribution in [2.45, 2.75) is 20.0 Å². The van der Waals surface area contributed by atoms with Crippen molar-refractivity contribution in [1.82, 2.24) is 4.98 Å². The predicted octanol–water partition coefficient (Wildman–Crippen LogP) is 3.86. The van der Waals surface area contributed by atoms with Gasteiger partial charge in [0.1, 0.15) is 0 Å². The van der Waals surface area contributed by atoms with E-state index in [-0.39, 0.29) is 29.2 Å². The molecular weight excluding hydrogens is 510 g/mol. The number of esters is 1. The molecule has 0 radical (unpaired) electrons. The SMILES string of the molecule is CCOC(=O)COc1ncccc1Oc1cc(N2C(=O)C=C(C(F)(F)F)C(C)C2=O)c(F)cc1[N+](=O)[O-]. The van der Waals surface area contributed by atoms with Crippen LogP contribution in [0.2, 0.25) is 0 Å². The van der Waals surface area contributed by atoms with Gasteiger partial charge in [-0.15, -0.1) is 0 Å². The maximum atomic E-state index is 14.8. The van der Waals surface area contributed by atoms with Gasteiger partial charge >= 0.3 is 17.8 Å². The Hall–Kier alpha value is -4.56. The van der Waals surface area contributed by atoms with Crippen molar-refractivity contribution in [3.05, 3.63) is 58.0 Å². The second-order valence-corrected chi connectivity index (χ2v) is 7.36. The minimum absolute atomic E-state index is 0.0739. The van der Waals surface area contributed by atoms with Crippen LogP contribution in [0.4, 0.5) is 28.9 Å². The Morgan fingerprint density at radius 2 is 1.95 bits per heavy atom. The quantitative estimate of drug-likeness (QED) is 0.165. The number of benzene rings is 1. The summed E-state index contributed by atoms with van der Waals surface area (Å²) in [5, 5.41) is 11.5. The zero-order chi connectivity index (χ0) is 27.5. The number of anilines is 1. The zero-order valence-corrected chi connectivity index (χ0v) is 19.1. The van der Waals surface area contributed by atoms with Gasteiger partial charge in [-0.05, 0) is 26.0 Å². The molecule has 0 spiro atoms. The number of alkyl halides is 3. The van der Waals surface area contributed by atoms with Crippen molar-refractivity contribution in [2.24, 2.45) is 5.92 Å². The highest BCUT2D eigenvalue weighted by Crippen LogP contribution is 2.42. The van der Waals surface area contributed by atoms with Crippen LogP contribution in [-0.2, 0) is 19.1 Å². The van der Waals surface area contributed by atoms with Crippen molar-refractivity contribution in [1.29, 1.82) is 0 Å². The van der Waals surface area contributed by atoms with Crippen LogP contribution in [0.15, 0.2) is 42.1 Å². The Kier molecular flexibility index (Phi) is 7.74. The first-order valence-electron chi connectivity index (χ1n) is 10.4. The Morgan fingerprint density at radius 1 is 1.24 bits per heavy atom. The van der Waals surface area contributed by atoms with Gasteiger partial charge in [0.15, 0.2) is 18.2 Å². The number of hydrogen-bond donors (Lipinski definition) is 0. The molecule has 3 rings (SSSR count). The number of ether oxygens (including phenoxy) is 3. The summed E-state index contributed by atoms with van der Waals surface area (Å²) in [4.78, 5) is 51.1. The van der Waals surface area contributed by atoms with Crippen molar-refractivity contribution in [2.75, 3.05) is 18.1 Å². The number of imide groups is 1. The molecule has 0 N–H and O–H groups in total. The number of nitro benzene ring substituents is 1. The summed E-state index contributed by atoms with van der Waals surface area (Å²) in [6.07, 6.45) is -3.59. The lowest BCUT2D eigenvalue weighted by molar-refractivity contribution is -0.385. The second-order valence-electron chi connectivity index (χ2n) is 7.36. The molecule has 37 heavy (non-hydrogen) atoms. The van der Waals surface area contributed by atoms with E-state index in [1.54, 1.807) is 6.92 Å². The van der Waals surface area contributed by atoms with Crippen LogP contribution in [-0.4, -0.2) is 47.1 Å². The summed E-state index contributed by atoms with van der Waals surface area (Å²) in [5.41, 5.74) is -3.24. The molecule has 2 aromatic rings. The van der Waals surface area contributed by atoms with Gasteiger partial charge in [-0.2, -0.15) is 13.2 Å². The number of carbonyl (C=O) groups excluding carboxylic acids is 3. The number of halogens is 4. The van der Waals surface area contributed by atoms with Crippen molar-refractivity contribution < 1.29 is 51.1 Å². The number of nitro groups is 1. The van der Waals surface area contributed by atoms with Crippen LogP contribution in [0.1, 0.15) is 13.8 Å². The van der Waals surface area contributed by atoms with E-state index in [2.05, 4.69) is 4.98 Å². The van der Waals surface area contributed by atoms with E-state index in [9.17, 15) is 42.1 Å². The van der Waals surface area contributed by atoms with Gasteiger partial charge < -0.3 is 14.2 Å². The number of aromatic nitrogens is 1. The lowest BCUT2D eigenvalue weighted by atomic mass is 9.94. The highest BCUT2D eigenvalue weighted by Gasteiger charge is 2.46. The summed E-state index contributed by atoms with van der Waals surface area (Å²) in [5.74, 6) is -8.26. The smallest absolute Gasteiger partial charge is 0.413 e. The number of pyridine rings is 1. The van der Waals surface area contributed by atoms with Crippen LogP contribution in [0.3, 0.4) is 0 Å². The summed E-state index contributed by atoms with van der Waals surface area (Å²) in [7, 11) is 0. The minimum atomic E-state index is -4.99. The van der Waals surface area contributed by atoms with Gasteiger partial charge in [0.05, 0.1) is 34.8 Å². The first kappa shape index (κ1) is 27.0. The van der Waals surface area contributed by atoms with Gasteiger partial charge in [-0.1, -0.05) is 0 Å². The maximum absolute atomic E-state index is 14.8. The highest BCUT2D eigenvalue weighted by molar-refractivity contribution is 6.22. The largest absolute Gasteiger partial charge is 0.463 e. The Labute approximate surface area is 205 Å². The van der Waals surface area contributed by atoms with Crippen LogP contribution >= 0.6 is 0 Å². The third-order valence-corrected chi connectivity index (χ3v) is 4.94.